The molecule has 0 amide bonds. The molecule has 1 aromatic heterocycles. The standard InChI is InChI=1S/C45H53FN4O2.3ClH/c1-5-50-42(28-41(48-50)44(33-13-7-6-8-14-33)36-19-18-31-12-9-10-15-34(31)24-36)32-20-22-49(23-21-32)30-37-26-39(52-43(51)29-47-45(2,3)4)27-40(37)35-16-11-17-38(46)25-35;;;/h6-19,24-25,28,32,37,39-40,44,47H,5,20-23,26-27,29-30H2,1-4H3;3*1H/t37-,39+,40-,44-;;;/m1.../s1. The molecule has 2 heterocycles. The molecular weight excluding hydrogens is 754 g/mol. The highest BCUT2D eigenvalue weighted by Gasteiger charge is 2.39. The second-order valence-electron chi connectivity index (χ2n) is 15.9. The number of likely N-dealkylation sites (tertiary alicyclic amines) is 1. The Labute approximate surface area is 344 Å². The van der Waals surface area contributed by atoms with Crippen LogP contribution in [0.25, 0.3) is 10.8 Å². The Bertz CT molecular complexity index is 1980. The van der Waals surface area contributed by atoms with Crippen LogP contribution in [0.15, 0.2) is 103 Å². The fraction of sp³-hybridized carbons (Fsp3) is 0.422. The quantitative estimate of drug-likeness (QED) is 0.135. The van der Waals surface area contributed by atoms with Crippen molar-refractivity contribution >= 4 is 54.0 Å². The zero-order valence-electron chi connectivity index (χ0n) is 32.3. The first-order valence-corrected chi connectivity index (χ1v) is 19.2. The highest BCUT2D eigenvalue weighted by molar-refractivity contribution is 5.86. The summed E-state index contributed by atoms with van der Waals surface area (Å²) in [5.41, 5.74) is 5.77. The molecular formula is C45H56Cl3FN4O2. The van der Waals surface area contributed by atoms with Crippen molar-refractivity contribution in [3.63, 3.8) is 0 Å². The number of fused-ring (bicyclic) bond motifs is 1. The van der Waals surface area contributed by atoms with Gasteiger partial charge in [0.2, 0.25) is 0 Å². The van der Waals surface area contributed by atoms with Crippen molar-refractivity contribution in [3.8, 4) is 0 Å². The monoisotopic (exact) mass is 808 g/mol. The van der Waals surface area contributed by atoms with Gasteiger partial charge >= 0.3 is 5.97 Å². The zero-order valence-corrected chi connectivity index (χ0v) is 34.8. The largest absolute Gasteiger partial charge is 0.461 e. The number of esters is 1. The summed E-state index contributed by atoms with van der Waals surface area (Å²) in [6, 6.07) is 35.5. The normalized spacial score (nSPS) is 19.5. The Morgan fingerprint density at radius 2 is 1.56 bits per heavy atom. The summed E-state index contributed by atoms with van der Waals surface area (Å²) in [5, 5.41) is 11.0. The summed E-state index contributed by atoms with van der Waals surface area (Å²) in [5.74, 6) is 0.474. The van der Waals surface area contributed by atoms with E-state index in [-0.39, 0.29) is 84.9 Å². The molecule has 6 nitrogen and oxygen atoms in total. The lowest BCUT2D eigenvalue weighted by Gasteiger charge is -2.35. The number of hydrogen-bond donors (Lipinski definition) is 1. The van der Waals surface area contributed by atoms with Crippen LogP contribution in [0, 0.1) is 11.7 Å². The van der Waals surface area contributed by atoms with Crippen LogP contribution in [0.5, 0.6) is 0 Å². The first kappa shape index (κ1) is 44.3. The van der Waals surface area contributed by atoms with Gasteiger partial charge in [0.15, 0.2) is 0 Å². The minimum Gasteiger partial charge on any atom is -0.461 e. The second kappa shape index (κ2) is 19.6. The summed E-state index contributed by atoms with van der Waals surface area (Å²) in [6.45, 7) is 12.2. The molecule has 0 radical (unpaired) electrons. The maximum Gasteiger partial charge on any atom is 0.320 e. The van der Waals surface area contributed by atoms with E-state index in [9.17, 15) is 9.18 Å². The Hall–Kier alpha value is -3.46. The van der Waals surface area contributed by atoms with Crippen LogP contribution in [0.3, 0.4) is 0 Å². The number of rotatable bonds is 11. The van der Waals surface area contributed by atoms with Gasteiger partial charge < -0.3 is 15.0 Å². The van der Waals surface area contributed by atoms with E-state index in [0.717, 1.165) is 63.1 Å². The molecule has 1 saturated heterocycles. The third-order valence-corrected chi connectivity index (χ3v) is 11.2. The molecule has 0 bridgehead atoms. The number of aromatic nitrogens is 2. The molecule has 5 aromatic rings. The Morgan fingerprint density at radius 3 is 2.25 bits per heavy atom. The minimum absolute atomic E-state index is 0. The third kappa shape index (κ3) is 10.9. The lowest BCUT2D eigenvalue weighted by molar-refractivity contribution is -0.148. The van der Waals surface area contributed by atoms with Crippen molar-refractivity contribution in [2.24, 2.45) is 5.92 Å². The van der Waals surface area contributed by atoms with E-state index in [1.54, 1.807) is 12.1 Å². The number of ether oxygens (including phenoxy) is 1. The Kier molecular flexibility index (Phi) is 15.8. The van der Waals surface area contributed by atoms with Crippen LogP contribution in [0.1, 0.15) is 99.2 Å². The molecule has 0 spiro atoms. The molecule has 10 heteroatoms. The van der Waals surface area contributed by atoms with Crippen molar-refractivity contribution < 1.29 is 13.9 Å². The van der Waals surface area contributed by atoms with Gasteiger partial charge in [-0.15, -0.1) is 37.2 Å². The molecule has 1 saturated carbocycles. The molecule has 296 valence electrons. The second-order valence-corrected chi connectivity index (χ2v) is 15.9. The van der Waals surface area contributed by atoms with Crippen LogP contribution in [-0.4, -0.2) is 58.5 Å². The average molecular weight is 810 g/mol. The van der Waals surface area contributed by atoms with Crippen molar-refractivity contribution in [1.29, 1.82) is 0 Å². The fourth-order valence-electron chi connectivity index (χ4n) is 8.57. The van der Waals surface area contributed by atoms with Crippen molar-refractivity contribution in [3.05, 3.63) is 137 Å². The molecule has 4 aromatic carbocycles. The van der Waals surface area contributed by atoms with Gasteiger partial charge in [-0.25, -0.2) is 4.39 Å². The van der Waals surface area contributed by atoms with Gasteiger partial charge in [0, 0.05) is 30.2 Å². The third-order valence-electron chi connectivity index (χ3n) is 11.2. The lowest BCUT2D eigenvalue weighted by Crippen LogP contribution is -2.40. The van der Waals surface area contributed by atoms with Crippen LogP contribution in [0.2, 0.25) is 0 Å². The lowest BCUT2D eigenvalue weighted by atomic mass is 9.85. The summed E-state index contributed by atoms with van der Waals surface area (Å²) in [7, 11) is 0. The zero-order chi connectivity index (χ0) is 36.2. The van der Waals surface area contributed by atoms with E-state index in [0.29, 0.717) is 5.92 Å². The van der Waals surface area contributed by atoms with Crippen molar-refractivity contribution in [1.82, 2.24) is 20.0 Å². The number of nitrogens with one attached hydrogen (secondary N) is 1. The van der Waals surface area contributed by atoms with E-state index >= 15 is 0 Å². The molecule has 1 aliphatic carbocycles. The summed E-state index contributed by atoms with van der Waals surface area (Å²) in [6.07, 6.45) is 3.48. The SMILES string of the molecule is CCn1nc([C@H](c2ccccc2)c2ccc3ccccc3c2)cc1C1CCN(C[C@H]2C[C@H](OC(=O)CNC(C)(C)C)C[C@@H]2c2cccc(F)c2)CC1.Cl.Cl.Cl. The van der Waals surface area contributed by atoms with Gasteiger partial charge in [0.25, 0.3) is 0 Å². The first-order chi connectivity index (χ1) is 25.1. The van der Waals surface area contributed by atoms with Crippen LogP contribution in [-0.2, 0) is 16.1 Å². The van der Waals surface area contributed by atoms with Gasteiger partial charge in [0.1, 0.15) is 11.9 Å². The van der Waals surface area contributed by atoms with E-state index < -0.39 is 0 Å². The van der Waals surface area contributed by atoms with E-state index in [1.807, 2.05) is 26.8 Å². The summed E-state index contributed by atoms with van der Waals surface area (Å²) in [4.78, 5) is 15.3. The molecule has 1 N–H and O–H groups in total. The molecule has 7 rings (SSSR count). The van der Waals surface area contributed by atoms with Gasteiger partial charge in [-0.1, -0.05) is 84.9 Å². The van der Waals surface area contributed by atoms with E-state index in [4.69, 9.17) is 9.84 Å². The minimum atomic E-state index is -0.221. The van der Waals surface area contributed by atoms with Crippen molar-refractivity contribution in [2.45, 2.75) is 89.3 Å². The summed E-state index contributed by atoms with van der Waals surface area (Å²) >= 11 is 0. The molecule has 55 heavy (non-hydrogen) atoms. The van der Waals surface area contributed by atoms with Gasteiger partial charge in [-0.2, -0.15) is 5.10 Å². The number of hydrogen-bond acceptors (Lipinski definition) is 5. The number of piperidine rings is 1. The number of benzene rings is 4. The number of halogens is 4. The molecule has 0 unspecified atom stereocenters. The van der Waals surface area contributed by atoms with Gasteiger partial charge in [-0.3, -0.25) is 9.48 Å². The van der Waals surface area contributed by atoms with Gasteiger partial charge in [-0.05, 0) is 124 Å². The number of aryl methyl sites for hydroxylation is 1. The maximum absolute atomic E-state index is 14.4. The molecule has 4 atom stereocenters. The Balaban J connectivity index is 0.00000224. The predicted molar refractivity (Wildman–Crippen MR) is 229 cm³/mol. The molecule has 2 fully saturated rings. The van der Waals surface area contributed by atoms with Crippen LogP contribution >= 0.6 is 37.2 Å². The first-order valence-electron chi connectivity index (χ1n) is 19.2. The number of nitrogens with zero attached hydrogens (tertiary/aromatic N) is 3. The number of carbonyl (C=O) groups excluding carboxylic acids is 1. The van der Waals surface area contributed by atoms with Crippen LogP contribution in [0.4, 0.5) is 4.39 Å². The van der Waals surface area contributed by atoms with Crippen molar-refractivity contribution in [2.75, 3.05) is 26.2 Å². The molecule has 1 aliphatic heterocycles. The average Bonchev–Trinajstić information content (AvgIpc) is 3.75. The highest BCUT2D eigenvalue weighted by Crippen LogP contribution is 2.43. The number of carbonyl (C=O) groups is 1. The summed E-state index contributed by atoms with van der Waals surface area (Å²) < 4.78 is 22.6. The fourth-order valence-corrected chi connectivity index (χ4v) is 8.57. The molecule has 2 aliphatic rings. The topological polar surface area (TPSA) is 59.4 Å². The van der Waals surface area contributed by atoms with Gasteiger partial charge in [0.05, 0.1) is 18.2 Å². The predicted octanol–water partition coefficient (Wildman–Crippen LogP) is 10.3. The Morgan fingerprint density at radius 1 is 0.855 bits per heavy atom. The van der Waals surface area contributed by atoms with Crippen LogP contribution < -0.4 is 5.32 Å². The highest BCUT2D eigenvalue weighted by atomic mass is 35.5. The van der Waals surface area contributed by atoms with E-state index in [2.05, 4.69) is 101 Å². The smallest absolute Gasteiger partial charge is 0.320 e. The maximum atomic E-state index is 14.4. The van der Waals surface area contributed by atoms with E-state index in [1.165, 1.54) is 33.7 Å².